The molecule has 1 aliphatic carbocycles. The second kappa shape index (κ2) is 6.37. The van der Waals surface area contributed by atoms with Crippen LogP contribution in [0.4, 0.5) is 0 Å². The lowest BCUT2D eigenvalue weighted by Crippen LogP contribution is -2.34. The van der Waals surface area contributed by atoms with Gasteiger partial charge in [0, 0.05) is 18.4 Å². The molecule has 20 heavy (non-hydrogen) atoms. The highest BCUT2D eigenvalue weighted by atomic mass is 16.5. The molecule has 4 heteroatoms. The van der Waals surface area contributed by atoms with Crippen molar-refractivity contribution in [2.45, 2.75) is 19.3 Å². The molecule has 4 nitrogen and oxygen atoms in total. The van der Waals surface area contributed by atoms with Crippen molar-refractivity contribution < 1.29 is 19.1 Å². The molecule has 0 bridgehead atoms. The summed E-state index contributed by atoms with van der Waals surface area (Å²) >= 11 is 0. The lowest BCUT2D eigenvalue weighted by Gasteiger charge is -2.28. The highest BCUT2D eigenvalue weighted by Gasteiger charge is 2.39. The van der Waals surface area contributed by atoms with Crippen molar-refractivity contribution in [2.24, 2.45) is 5.92 Å². The molecule has 0 saturated heterocycles. The van der Waals surface area contributed by atoms with Crippen molar-refractivity contribution in [3.63, 3.8) is 0 Å². The van der Waals surface area contributed by atoms with E-state index in [0.29, 0.717) is 18.8 Å². The number of methoxy groups -OCH3 is 1. The van der Waals surface area contributed by atoms with E-state index in [2.05, 4.69) is 0 Å². The fourth-order valence-electron chi connectivity index (χ4n) is 2.54. The molecular formula is C16H18O4. The molecule has 0 heterocycles. The van der Waals surface area contributed by atoms with Crippen LogP contribution >= 0.6 is 0 Å². The van der Waals surface area contributed by atoms with Crippen LogP contribution < -0.4 is 0 Å². The average Bonchev–Trinajstić information content (AvgIpc) is 2.47. The third kappa shape index (κ3) is 2.90. The minimum Gasteiger partial charge on any atom is -0.498 e. The van der Waals surface area contributed by atoms with E-state index in [0.717, 1.165) is 5.56 Å². The summed E-state index contributed by atoms with van der Waals surface area (Å²) < 4.78 is 10.2. The standard InChI is InChI=1S/C16H18O4/c1-3-20-12-9-13(11-7-5-4-6-8-11)15(14(17)10-12)16(18)19-2/h4-8,10,13,15H,3,9H2,1-2H3/t13-,15-/m0/s1. The molecule has 0 spiro atoms. The van der Waals surface area contributed by atoms with Gasteiger partial charge in [-0.05, 0) is 12.5 Å². The maximum absolute atomic E-state index is 12.2. The summed E-state index contributed by atoms with van der Waals surface area (Å²) in [4.78, 5) is 24.1. The number of ether oxygens (including phenoxy) is 2. The van der Waals surface area contributed by atoms with Gasteiger partial charge in [0.2, 0.25) is 0 Å². The van der Waals surface area contributed by atoms with E-state index in [1.54, 1.807) is 0 Å². The van der Waals surface area contributed by atoms with Crippen molar-refractivity contribution in [3.05, 3.63) is 47.7 Å². The second-order valence-corrected chi connectivity index (χ2v) is 4.67. The number of ketones is 1. The zero-order chi connectivity index (χ0) is 14.5. The summed E-state index contributed by atoms with van der Waals surface area (Å²) in [5, 5.41) is 0. The predicted molar refractivity (Wildman–Crippen MR) is 74.0 cm³/mol. The quantitative estimate of drug-likeness (QED) is 0.625. The number of hydrogen-bond acceptors (Lipinski definition) is 4. The number of carbonyl (C=O) groups is 2. The number of carbonyl (C=O) groups excluding carboxylic acids is 2. The Morgan fingerprint density at radius 2 is 2.00 bits per heavy atom. The summed E-state index contributed by atoms with van der Waals surface area (Å²) in [6.45, 7) is 2.37. The van der Waals surface area contributed by atoms with Gasteiger partial charge < -0.3 is 9.47 Å². The Morgan fingerprint density at radius 1 is 1.30 bits per heavy atom. The Hall–Kier alpha value is -2.10. The Balaban J connectivity index is 2.37. The number of hydrogen-bond donors (Lipinski definition) is 0. The molecule has 0 N–H and O–H groups in total. The molecule has 0 unspecified atom stereocenters. The van der Waals surface area contributed by atoms with E-state index < -0.39 is 11.9 Å². The van der Waals surface area contributed by atoms with Gasteiger partial charge in [-0.15, -0.1) is 0 Å². The Bertz CT molecular complexity index is 519. The van der Waals surface area contributed by atoms with E-state index in [9.17, 15) is 9.59 Å². The van der Waals surface area contributed by atoms with Crippen LogP contribution in [0.3, 0.4) is 0 Å². The normalized spacial score (nSPS) is 22.1. The third-order valence-corrected chi connectivity index (χ3v) is 3.45. The molecule has 0 radical (unpaired) electrons. The zero-order valence-electron chi connectivity index (χ0n) is 11.7. The molecule has 106 valence electrons. The molecule has 1 aliphatic rings. The van der Waals surface area contributed by atoms with Gasteiger partial charge in [-0.2, -0.15) is 0 Å². The first-order chi connectivity index (χ1) is 9.67. The smallest absolute Gasteiger partial charge is 0.317 e. The minimum absolute atomic E-state index is 0.234. The first-order valence-electron chi connectivity index (χ1n) is 6.67. The largest absolute Gasteiger partial charge is 0.498 e. The average molecular weight is 274 g/mol. The third-order valence-electron chi connectivity index (χ3n) is 3.45. The van der Waals surface area contributed by atoms with Gasteiger partial charge >= 0.3 is 5.97 Å². The molecule has 0 saturated carbocycles. The lowest BCUT2D eigenvalue weighted by molar-refractivity contribution is -0.149. The number of allylic oxidation sites excluding steroid dienone is 2. The summed E-state index contributed by atoms with van der Waals surface area (Å²) in [6, 6.07) is 9.53. The van der Waals surface area contributed by atoms with Gasteiger partial charge in [-0.3, -0.25) is 9.59 Å². The van der Waals surface area contributed by atoms with Crippen LogP contribution in [0.25, 0.3) is 0 Å². The summed E-state index contributed by atoms with van der Waals surface area (Å²) in [7, 11) is 1.31. The number of esters is 1. The fraction of sp³-hybridized carbons (Fsp3) is 0.375. The van der Waals surface area contributed by atoms with Crippen molar-refractivity contribution in [1.29, 1.82) is 0 Å². The van der Waals surface area contributed by atoms with E-state index >= 15 is 0 Å². The molecular weight excluding hydrogens is 256 g/mol. The van der Waals surface area contributed by atoms with Crippen LogP contribution in [0.15, 0.2) is 42.2 Å². The molecule has 0 amide bonds. The van der Waals surface area contributed by atoms with Gasteiger partial charge in [0.15, 0.2) is 5.78 Å². The van der Waals surface area contributed by atoms with Crippen LogP contribution in [0.5, 0.6) is 0 Å². The topological polar surface area (TPSA) is 52.6 Å². The van der Waals surface area contributed by atoms with Crippen molar-refractivity contribution in [1.82, 2.24) is 0 Å². The van der Waals surface area contributed by atoms with Gasteiger partial charge in [-0.25, -0.2) is 0 Å². The molecule has 2 rings (SSSR count). The minimum atomic E-state index is -0.786. The van der Waals surface area contributed by atoms with Crippen LogP contribution in [0.1, 0.15) is 24.8 Å². The van der Waals surface area contributed by atoms with Gasteiger partial charge in [-0.1, -0.05) is 30.3 Å². The summed E-state index contributed by atoms with van der Waals surface area (Å²) in [5.41, 5.74) is 0.946. The zero-order valence-corrected chi connectivity index (χ0v) is 11.7. The molecule has 1 aromatic rings. The lowest BCUT2D eigenvalue weighted by atomic mass is 9.77. The summed E-state index contributed by atoms with van der Waals surface area (Å²) in [6.07, 6.45) is 1.95. The number of rotatable bonds is 4. The van der Waals surface area contributed by atoms with E-state index in [-0.39, 0.29) is 11.7 Å². The fourth-order valence-corrected chi connectivity index (χ4v) is 2.54. The summed E-state index contributed by atoms with van der Waals surface area (Å²) in [5.74, 6) is -1.13. The van der Waals surface area contributed by atoms with Crippen molar-refractivity contribution in [2.75, 3.05) is 13.7 Å². The Labute approximate surface area is 118 Å². The number of benzene rings is 1. The highest BCUT2D eigenvalue weighted by molar-refractivity contribution is 6.06. The Kier molecular flexibility index (Phi) is 4.56. The maximum Gasteiger partial charge on any atom is 0.317 e. The Morgan fingerprint density at radius 3 is 2.60 bits per heavy atom. The first kappa shape index (κ1) is 14.3. The van der Waals surface area contributed by atoms with Gasteiger partial charge in [0.05, 0.1) is 13.7 Å². The van der Waals surface area contributed by atoms with Crippen LogP contribution in [0, 0.1) is 5.92 Å². The first-order valence-corrected chi connectivity index (χ1v) is 6.67. The molecule has 0 aromatic heterocycles. The molecule has 1 aromatic carbocycles. The van der Waals surface area contributed by atoms with E-state index in [1.165, 1.54) is 13.2 Å². The van der Waals surface area contributed by atoms with Crippen molar-refractivity contribution >= 4 is 11.8 Å². The molecule has 2 atom stereocenters. The van der Waals surface area contributed by atoms with E-state index in [1.807, 2.05) is 37.3 Å². The van der Waals surface area contributed by atoms with E-state index in [4.69, 9.17) is 9.47 Å². The predicted octanol–water partition coefficient (Wildman–Crippen LogP) is 2.45. The second-order valence-electron chi connectivity index (χ2n) is 4.67. The highest BCUT2D eigenvalue weighted by Crippen LogP contribution is 2.36. The van der Waals surface area contributed by atoms with Crippen LogP contribution in [-0.2, 0) is 19.1 Å². The SMILES string of the molecule is CCOC1=CC(=O)[C@@H](C(=O)OC)[C@H](c2ccccc2)C1. The monoisotopic (exact) mass is 274 g/mol. The maximum atomic E-state index is 12.2. The van der Waals surface area contributed by atoms with Crippen LogP contribution in [0.2, 0.25) is 0 Å². The van der Waals surface area contributed by atoms with Crippen LogP contribution in [-0.4, -0.2) is 25.5 Å². The molecule has 0 aliphatic heterocycles. The van der Waals surface area contributed by atoms with Crippen molar-refractivity contribution in [3.8, 4) is 0 Å². The van der Waals surface area contributed by atoms with Gasteiger partial charge in [0.1, 0.15) is 11.7 Å². The van der Waals surface area contributed by atoms with Gasteiger partial charge in [0.25, 0.3) is 0 Å². The molecule has 0 fully saturated rings.